The summed E-state index contributed by atoms with van der Waals surface area (Å²) in [6.07, 6.45) is 5.02. The third-order valence-corrected chi connectivity index (χ3v) is 4.07. The Bertz CT molecular complexity index is 290. The van der Waals surface area contributed by atoms with Crippen LogP contribution in [0.5, 0.6) is 0 Å². The predicted octanol–water partition coefficient (Wildman–Crippen LogP) is 2.37. The first-order valence-electron chi connectivity index (χ1n) is 5.10. The Morgan fingerprint density at radius 2 is 2.46 bits per heavy atom. The van der Waals surface area contributed by atoms with Gasteiger partial charge >= 0.3 is 0 Å². The smallest absolute Gasteiger partial charge is 0.00803 e. The van der Waals surface area contributed by atoms with Gasteiger partial charge in [-0.1, -0.05) is 6.92 Å². The van der Waals surface area contributed by atoms with Gasteiger partial charge in [0.25, 0.3) is 0 Å². The van der Waals surface area contributed by atoms with Crippen molar-refractivity contribution in [2.45, 2.75) is 32.6 Å². The fourth-order valence-corrected chi connectivity index (χ4v) is 3.26. The maximum Gasteiger partial charge on any atom is 0.00803 e. The highest BCUT2D eigenvalue weighted by Crippen LogP contribution is 2.32. The van der Waals surface area contributed by atoms with Crippen molar-refractivity contribution in [2.24, 2.45) is 11.7 Å². The molecular weight excluding hydrogens is 178 g/mol. The first-order chi connectivity index (χ1) is 6.29. The molecule has 2 rings (SSSR count). The normalized spacial score (nSPS) is 21.5. The van der Waals surface area contributed by atoms with Gasteiger partial charge in [0, 0.05) is 9.75 Å². The Labute approximate surface area is 84.0 Å². The van der Waals surface area contributed by atoms with E-state index in [1.165, 1.54) is 24.1 Å². The zero-order valence-corrected chi connectivity index (χ0v) is 8.99. The second-order valence-electron chi connectivity index (χ2n) is 4.05. The summed E-state index contributed by atoms with van der Waals surface area (Å²) < 4.78 is 0. The van der Waals surface area contributed by atoms with Crippen LogP contribution in [0.1, 0.15) is 28.7 Å². The lowest BCUT2D eigenvalue weighted by molar-refractivity contribution is 0.506. The van der Waals surface area contributed by atoms with Gasteiger partial charge < -0.3 is 5.73 Å². The van der Waals surface area contributed by atoms with Crippen LogP contribution in [0.2, 0.25) is 0 Å². The van der Waals surface area contributed by atoms with Crippen LogP contribution in [-0.2, 0) is 19.3 Å². The van der Waals surface area contributed by atoms with E-state index in [1.807, 2.05) is 11.3 Å². The van der Waals surface area contributed by atoms with Crippen LogP contribution in [0, 0.1) is 5.92 Å². The highest BCUT2D eigenvalue weighted by Gasteiger charge is 2.17. The van der Waals surface area contributed by atoms with Gasteiger partial charge in [-0.05, 0) is 49.8 Å². The van der Waals surface area contributed by atoms with E-state index < -0.39 is 0 Å². The van der Waals surface area contributed by atoms with E-state index in [1.54, 1.807) is 10.4 Å². The largest absolute Gasteiger partial charge is 0.330 e. The van der Waals surface area contributed by atoms with Crippen LogP contribution in [-0.4, -0.2) is 6.54 Å². The van der Waals surface area contributed by atoms with Gasteiger partial charge in [0.1, 0.15) is 0 Å². The zero-order valence-electron chi connectivity index (χ0n) is 8.18. The second-order valence-corrected chi connectivity index (χ2v) is 5.27. The first kappa shape index (κ1) is 9.22. The summed E-state index contributed by atoms with van der Waals surface area (Å²) in [7, 11) is 0. The van der Waals surface area contributed by atoms with Crippen molar-refractivity contribution in [3.63, 3.8) is 0 Å². The SMILES string of the molecule is CC1CCc2sc(CCN)cc2C1. The molecule has 1 heterocycles. The molecule has 0 saturated carbocycles. The summed E-state index contributed by atoms with van der Waals surface area (Å²) in [6.45, 7) is 3.14. The summed E-state index contributed by atoms with van der Waals surface area (Å²) in [5, 5.41) is 0. The number of aryl methyl sites for hydroxylation is 1. The van der Waals surface area contributed by atoms with E-state index in [0.29, 0.717) is 0 Å². The molecule has 0 aliphatic heterocycles. The average molecular weight is 195 g/mol. The number of hydrogen-bond donors (Lipinski definition) is 1. The molecule has 1 nitrogen and oxygen atoms in total. The monoisotopic (exact) mass is 195 g/mol. The Morgan fingerprint density at radius 1 is 1.62 bits per heavy atom. The minimum atomic E-state index is 0.787. The molecule has 1 aliphatic carbocycles. The molecule has 0 amide bonds. The Kier molecular flexibility index (Phi) is 2.70. The van der Waals surface area contributed by atoms with Gasteiger partial charge in [0.15, 0.2) is 0 Å². The molecule has 1 unspecified atom stereocenters. The molecule has 0 fully saturated rings. The average Bonchev–Trinajstić information content (AvgIpc) is 2.46. The molecule has 2 heteroatoms. The molecule has 0 saturated heterocycles. The molecule has 2 N–H and O–H groups in total. The summed E-state index contributed by atoms with van der Waals surface area (Å²) >= 11 is 1.98. The molecule has 72 valence electrons. The minimum Gasteiger partial charge on any atom is -0.330 e. The summed E-state index contributed by atoms with van der Waals surface area (Å²) in [5.74, 6) is 0.882. The van der Waals surface area contributed by atoms with Gasteiger partial charge in [-0.2, -0.15) is 0 Å². The van der Waals surface area contributed by atoms with Gasteiger partial charge in [0.05, 0.1) is 0 Å². The summed E-state index contributed by atoms with van der Waals surface area (Å²) in [5.41, 5.74) is 7.16. The highest BCUT2D eigenvalue weighted by molar-refractivity contribution is 7.12. The maximum atomic E-state index is 5.55. The molecule has 0 aromatic carbocycles. The highest BCUT2D eigenvalue weighted by atomic mass is 32.1. The van der Waals surface area contributed by atoms with Crippen molar-refractivity contribution in [1.29, 1.82) is 0 Å². The van der Waals surface area contributed by atoms with Crippen molar-refractivity contribution in [1.82, 2.24) is 0 Å². The van der Waals surface area contributed by atoms with Crippen LogP contribution >= 0.6 is 11.3 Å². The van der Waals surface area contributed by atoms with Crippen LogP contribution in [0.15, 0.2) is 6.07 Å². The van der Waals surface area contributed by atoms with Crippen molar-refractivity contribution in [2.75, 3.05) is 6.54 Å². The number of rotatable bonds is 2. The number of hydrogen-bond acceptors (Lipinski definition) is 2. The number of thiophene rings is 1. The van der Waals surface area contributed by atoms with Gasteiger partial charge in [-0.25, -0.2) is 0 Å². The lowest BCUT2D eigenvalue weighted by Crippen LogP contribution is -2.08. The van der Waals surface area contributed by atoms with Crippen molar-refractivity contribution in [3.05, 3.63) is 21.4 Å². The molecule has 0 bridgehead atoms. The standard InChI is InChI=1S/C11H17NS/c1-8-2-3-11-9(6-8)7-10(13-11)4-5-12/h7-8H,2-6,12H2,1H3. The van der Waals surface area contributed by atoms with Crippen LogP contribution in [0.25, 0.3) is 0 Å². The zero-order chi connectivity index (χ0) is 9.26. The fourth-order valence-electron chi connectivity index (χ4n) is 2.03. The lowest BCUT2D eigenvalue weighted by Gasteiger charge is -2.17. The van der Waals surface area contributed by atoms with E-state index in [0.717, 1.165) is 18.9 Å². The lowest BCUT2D eigenvalue weighted by atomic mass is 9.90. The third-order valence-electron chi connectivity index (χ3n) is 2.77. The topological polar surface area (TPSA) is 26.0 Å². The Morgan fingerprint density at radius 3 is 3.23 bits per heavy atom. The molecule has 1 aromatic heterocycles. The van der Waals surface area contributed by atoms with Crippen molar-refractivity contribution >= 4 is 11.3 Å². The molecular formula is C11H17NS. The van der Waals surface area contributed by atoms with Crippen LogP contribution < -0.4 is 5.73 Å². The van der Waals surface area contributed by atoms with E-state index in [9.17, 15) is 0 Å². The Hall–Kier alpha value is -0.340. The maximum absolute atomic E-state index is 5.55. The van der Waals surface area contributed by atoms with E-state index >= 15 is 0 Å². The summed E-state index contributed by atoms with van der Waals surface area (Å²) in [4.78, 5) is 3.11. The van der Waals surface area contributed by atoms with E-state index in [-0.39, 0.29) is 0 Å². The van der Waals surface area contributed by atoms with E-state index in [4.69, 9.17) is 5.73 Å². The van der Waals surface area contributed by atoms with Crippen LogP contribution in [0.4, 0.5) is 0 Å². The first-order valence-corrected chi connectivity index (χ1v) is 5.91. The number of nitrogens with two attached hydrogens (primary N) is 1. The van der Waals surface area contributed by atoms with Gasteiger partial charge in [-0.3, -0.25) is 0 Å². The van der Waals surface area contributed by atoms with Crippen molar-refractivity contribution in [3.8, 4) is 0 Å². The molecule has 13 heavy (non-hydrogen) atoms. The summed E-state index contributed by atoms with van der Waals surface area (Å²) in [6, 6.07) is 2.38. The quantitative estimate of drug-likeness (QED) is 0.770. The number of fused-ring (bicyclic) bond motifs is 1. The van der Waals surface area contributed by atoms with Gasteiger partial charge in [-0.15, -0.1) is 11.3 Å². The predicted molar refractivity (Wildman–Crippen MR) is 58.3 cm³/mol. The molecule has 1 aromatic rings. The van der Waals surface area contributed by atoms with E-state index in [2.05, 4.69) is 13.0 Å². The third kappa shape index (κ3) is 1.94. The van der Waals surface area contributed by atoms with Crippen LogP contribution in [0.3, 0.4) is 0 Å². The Balaban J connectivity index is 2.18. The second kappa shape index (κ2) is 3.81. The molecule has 0 spiro atoms. The van der Waals surface area contributed by atoms with Gasteiger partial charge in [0.2, 0.25) is 0 Å². The van der Waals surface area contributed by atoms with Crippen molar-refractivity contribution < 1.29 is 0 Å². The molecule has 1 atom stereocenters. The molecule has 1 aliphatic rings. The molecule has 0 radical (unpaired) electrons. The fraction of sp³-hybridized carbons (Fsp3) is 0.636. The minimum absolute atomic E-state index is 0.787.